The van der Waals surface area contributed by atoms with E-state index in [2.05, 4.69) is 16.8 Å². The molecule has 0 aliphatic carbocycles. The van der Waals surface area contributed by atoms with Gasteiger partial charge in [-0.3, -0.25) is 4.79 Å². The third-order valence-electron chi connectivity index (χ3n) is 5.23. The van der Waals surface area contributed by atoms with E-state index < -0.39 is 15.9 Å². The molecule has 3 rings (SSSR count). The van der Waals surface area contributed by atoms with Crippen molar-refractivity contribution in [2.24, 2.45) is 0 Å². The Morgan fingerprint density at radius 1 is 1.08 bits per heavy atom. The molecule has 0 saturated carbocycles. The number of hydrogen-bond acceptors (Lipinski definition) is 4. The van der Waals surface area contributed by atoms with E-state index in [4.69, 9.17) is 23.2 Å². The molecule has 2 aromatic carbocycles. The molecule has 1 amide bonds. The molecular formula is C28H28Cl2N3NaO3S. The second-order valence-electron chi connectivity index (χ2n) is 8.07. The zero-order chi connectivity index (χ0) is 26.8. The quantitative estimate of drug-likeness (QED) is 0.211. The molecule has 1 heterocycles. The summed E-state index contributed by atoms with van der Waals surface area (Å²) in [5.41, 5.74) is 2.98. The molecule has 10 heteroatoms. The van der Waals surface area contributed by atoms with Gasteiger partial charge in [-0.2, -0.15) is 0 Å². The molecule has 0 fully saturated rings. The van der Waals surface area contributed by atoms with Crippen LogP contribution >= 0.6 is 23.2 Å². The zero-order valence-corrected chi connectivity index (χ0v) is 22.9. The Morgan fingerprint density at radius 3 is 2.45 bits per heavy atom. The first-order valence-corrected chi connectivity index (χ1v) is 14.0. The summed E-state index contributed by atoms with van der Waals surface area (Å²) >= 11 is 12.9. The first-order chi connectivity index (χ1) is 17.7. The normalized spacial score (nSPS) is 11.3. The van der Waals surface area contributed by atoms with Gasteiger partial charge < -0.3 is 4.57 Å². The van der Waals surface area contributed by atoms with Crippen LogP contribution in [0.2, 0.25) is 10.2 Å². The zero-order valence-electron chi connectivity index (χ0n) is 20.5. The summed E-state index contributed by atoms with van der Waals surface area (Å²) in [6.45, 7) is 4.22. The molecule has 6 nitrogen and oxygen atoms in total. The number of carbonyl (C=O) groups excluding carboxylic acids is 1. The summed E-state index contributed by atoms with van der Waals surface area (Å²) < 4.78 is 27.9. The molecule has 3 aromatic rings. The van der Waals surface area contributed by atoms with Crippen molar-refractivity contribution >= 4 is 74.8 Å². The summed E-state index contributed by atoms with van der Waals surface area (Å²) in [5.74, 6) is 6.13. The van der Waals surface area contributed by atoms with Crippen molar-refractivity contribution in [3.05, 3.63) is 104 Å². The Bertz CT molecular complexity index is 1490. The van der Waals surface area contributed by atoms with Gasteiger partial charge in [0.15, 0.2) is 5.15 Å². The number of allylic oxidation sites excluding steroid dienone is 1. The van der Waals surface area contributed by atoms with E-state index in [0.29, 0.717) is 35.9 Å². The SMILES string of the molecule is CCCC=CS(=O)(=O)NC(=O)C=Cc1c(Cl)nc(CC)n1Cc1ccc(C#Cc2ccccc2)cc1Cl.[NaH]. The fourth-order valence-electron chi connectivity index (χ4n) is 3.40. The van der Waals surface area contributed by atoms with E-state index in [9.17, 15) is 13.2 Å². The average Bonchev–Trinajstić information content (AvgIpc) is 3.17. The van der Waals surface area contributed by atoms with Crippen molar-refractivity contribution in [2.45, 2.75) is 39.7 Å². The molecule has 0 aliphatic heterocycles. The van der Waals surface area contributed by atoms with Crippen LogP contribution in [0.5, 0.6) is 0 Å². The van der Waals surface area contributed by atoms with Gasteiger partial charge in [0.05, 0.1) is 12.2 Å². The second-order valence-corrected chi connectivity index (χ2v) is 10.4. The van der Waals surface area contributed by atoms with E-state index >= 15 is 0 Å². The Kier molecular flexibility index (Phi) is 12.9. The monoisotopic (exact) mass is 579 g/mol. The summed E-state index contributed by atoms with van der Waals surface area (Å²) in [4.78, 5) is 16.6. The first-order valence-electron chi connectivity index (χ1n) is 11.7. The number of halogens is 2. The molecule has 0 aliphatic rings. The van der Waals surface area contributed by atoms with Crippen molar-refractivity contribution in [3.8, 4) is 11.8 Å². The number of carbonyl (C=O) groups is 1. The van der Waals surface area contributed by atoms with Gasteiger partial charge in [0.2, 0.25) is 0 Å². The van der Waals surface area contributed by atoms with Crippen LogP contribution in [0.3, 0.4) is 0 Å². The number of hydrogen-bond donors (Lipinski definition) is 1. The number of aromatic nitrogens is 2. The topological polar surface area (TPSA) is 81.1 Å². The predicted octanol–water partition coefficient (Wildman–Crippen LogP) is 5.32. The molecule has 0 atom stereocenters. The van der Waals surface area contributed by atoms with Gasteiger partial charge in [-0.25, -0.2) is 18.1 Å². The molecule has 0 spiro atoms. The van der Waals surface area contributed by atoms with Crippen LogP contribution in [0.1, 0.15) is 54.9 Å². The van der Waals surface area contributed by atoms with Gasteiger partial charge in [0.1, 0.15) is 5.82 Å². The Balaban J connectivity index is 0.00000507. The number of imidazole rings is 1. The van der Waals surface area contributed by atoms with Crippen LogP contribution in [-0.4, -0.2) is 53.4 Å². The Hall–Kier alpha value is -2.31. The van der Waals surface area contributed by atoms with Crippen molar-refractivity contribution in [1.82, 2.24) is 14.3 Å². The maximum absolute atomic E-state index is 12.3. The summed E-state index contributed by atoms with van der Waals surface area (Å²) in [7, 11) is -3.87. The number of sulfonamides is 1. The van der Waals surface area contributed by atoms with Crippen LogP contribution in [0.4, 0.5) is 0 Å². The maximum atomic E-state index is 12.3. The molecule has 0 radical (unpaired) electrons. The number of benzene rings is 2. The van der Waals surface area contributed by atoms with E-state index in [-0.39, 0.29) is 34.7 Å². The summed E-state index contributed by atoms with van der Waals surface area (Å²) in [6, 6.07) is 15.3. The Labute approximate surface area is 256 Å². The molecule has 38 heavy (non-hydrogen) atoms. The van der Waals surface area contributed by atoms with Crippen LogP contribution < -0.4 is 4.72 Å². The van der Waals surface area contributed by atoms with E-state index in [0.717, 1.165) is 34.6 Å². The molecule has 0 saturated heterocycles. The molecule has 0 unspecified atom stereocenters. The average molecular weight is 581 g/mol. The van der Waals surface area contributed by atoms with Crippen LogP contribution in [-0.2, 0) is 27.8 Å². The molecular weight excluding hydrogens is 552 g/mol. The van der Waals surface area contributed by atoms with Crippen molar-refractivity contribution in [3.63, 3.8) is 0 Å². The number of unbranched alkanes of at least 4 members (excludes halogenated alkanes) is 1. The van der Waals surface area contributed by atoms with Crippen LogP contribution in [0.15, 0.2) is 66.1 Å². The third-order valence-corrected chi connectivity index (χ3v) is 6.90. The number of nitrogens with zero attached hydrogens (tertiary/aromatic N) is 2. The molecule has 194 valence electrons. The summed E-state index contributed by atoms with van der Waals surface area (Å²) in [5, 5.41) is 1.72. The van der Waals surface area contributed by atoms with Gasteiger partial charge in [-0.15, -0.1) is 0 Å². The minimum atomic E-state index is -3.87. The van der Waals surface area contributed by atoms with Gasteiger partial charge in [-0.05, 0) is 42.3 Å². The second kappa shape index (κ2) is 15.3. The van der Waals surface area contributed by atoms with Gasteiger partial charge in [0, 0.05) is 34.1 Å². The van der Waals surface area contributed by atoms with E-state index in [1.54, 1.807) is 6.07 Å². The predicted molar refractivity (Wildman–Crippen MR) is 157 cm³/mol. The van der Waals surface area contributed by atoms with E-state index in [1.165, 1.54) is 12.2 Å². The van der Waals surface area contributed by atoms with E-state index in [1.807, 2.05) is 65.6 Å². The number of amides is 1. The van der Waals surface area contributed by atoms with Crippen molar-refractivity contribution in [1.29, 1.82) is 0 Å². The number of rotatable bonds is 9. The van der Waals surface area contributed by atoms with Gasteiger partial charge in [0.25, 0.3) is 15.9 Å². The Morgan fingerprint density at radius 2 is 1.79 bits per heavy atom. The summed E-state index contributed by atoms with van der Waals surface area (Å²) in [6.07, 6.45) is 6.06. The van der Waals surface area contributed by atoms with Crippen molar-refractivity contribution < 1.29 is 13.2 Å². The fraction of sp³-hybridized carbons (Fsp3) is 0.214. The number of nitrogens with one attached hydrogen (secondary N) is 1. The van der Waals surface area contributed by atoms with Gasteiger partial charge >= 0.3 is 29.6 Å². The first kappa shape index (κ1) is 31.9. The molecule has 1 N–H and O–H groups in total. The van der Waals surface area contributed by atoms with Crippen LogP contribution in [0, 0.1) is 11.8 Å². The van der Waals surface area contributed by atoms with Crippen molar-refractivity contribution in [2.75, 3.05) is 0 Å². The standard InChI is InChI=1S/C28H27Cl2N3O3S.Na.H/c1-3-5-9-18-37(35,36)32-27(34)17-16-25-28(30)31-26(4-2)33(25)20-23-15-14-22(19-24(23)29)13-12-21-10-7-6-8-11-21;;/h6-11,14-19H,3-5,20H2,1-2H3,(H,32,34);;. The van der Waals surface area contributed by atoms with Gasteiger partial charge in [-0.1, -0.05) is 85.7 Å². The minimum absolute atomic E-state index is 0. The fourth-order valence-corrected chi connectivity index (χ4v) is 4.71. The molecule has 0 bridgehead atoms. The van der Waals surface area contributed by atoms with Crippen LogP contribution in [0.25, 0.3) is 6.08 Å². The molecule has 1 aromatic heterocycles. The number of aryl methyl sites for hydroxylation is 1. The third kappa shape index (κ3) is 9.46.